The Balaban J connectivity index is 0. The molecule has 0 unspecified atom stereocenters. The van der Waals surface area contributed by atoms with E-state index in [4.69, 9.17) is 0 Å². The third-order valence-corrected chi connectivity index (χ3v) is 2.45. The second-order valence-corrected chi connectivity index (χ2v) is 4.10. The number of nitrogens with zero attached hydrogens (tertiary/aromatic N) is 1. The summed E-state index contributed by atoms with van der Waals surface area (Å²) in [6, 6.07) is 0. The molecule has 0 saturated carbocycles. The highest BCUT2D eigenvalue weighted by atomic mass is 127. The fraction of sp³-hybridized carbons (Fsp3) is 0.923. The van der Waals surface area contributed by atoms with Crippen LogP contribution in [0.25, 0.3) is 0 Å². The molecule has 0 amide bonds. The van der Waals surface area contributed by atoms with Gasteiger partial charge in [-0.05, 0) is 19.8 Å². The van der Waals surface area contributed by atoms with Gasteiger partial charge in [-0.3, -0.25) is 4.99 Å². The highest BCUT2D eigenvalue weighted by molar-refractivity contribution is 14.0. The van der Waals surface area contributed by atoms with Gasteiger partial charge in [-0.2, -0.15) is 0 Å². The summed E-state index contributed by atoms with van der Waals surface area (Å²) in [5, 5.41) is 6.65. The molecule has 0 aliphatic heterocycles. The summed E-state index contributed by atoms with van der Waals surface area (Å²) in [6.07, 6.45) is 7.53. The maximum absolute atomic E-state index is 4.54. The van der Waals surface area contributed by atoms with Crippen molar-refractivity contribution in [1.82, 2.24) is 10.6 Å². The van der Waals surface area contributed by atoms with Gasteiger partial charge in [-0.25, -0.2) is 0 Å². The van der Waals surface area contributed by atoms with E-state index in [0.29, 0.717) is 0 Å². The highest BCUT2D eigenvalue weighted by Crippen LogP contribution is 1.94. The van der Waals surface area contributed by atoms with Crippen molar-refractivity contribution in [2.45, 2.75) is 59.3 Å². The van der Waals surface area contributed by atoms with Crippen molar-refractivity contribution in [3.05, 3.63) is 0 Å². The second-order valence-electron chi connectivity index (χ2n) is 4.10. The SMILES string of the molecule is CCCCCN=C(NCC)NCCCCC.I. The lowest BCUT2D eigenvalue weighted by Gasteiger charge is -2.10. The molecule has 3 nitrogen and oxygen atoms in total. The molecular weight excluding hydrogens is 325 g/mol. The van der Waals surface area contributed by atoms with E-state index in [-0.39, 0.29) is 24.0 Å². The van der Waals surface area contributed by atoms with Gasteiger partial charge in [0.2, 0.25) is 0 Å². The third-order valence-electron chi connectivity index (χ3n) is 2.45. The molecular formula is C13H30IN3. The number of rotatable bonds is 9. The molecule has 0 heterocycles. The molecule has 0 aromatic heterocycles. The molecule has 0 atom stereocenters. The Morgan fingerprint density at radius 1 is 0.882 bits per heavy atom. The summed E-state index contributed by atoms with van der Waals surface area (Å²) in [6.45, 7) is 9.47. The van der Waals surface area contributed by atoms with Crippen molar-refractivity contribution in [2.24, 2.45) is 4.99 Å². The summed E-state index contributed by atoms with van der Waals surface area (Å²) in [5.41, 5.74) is 0. The van der Waals surface area contributed by atoms with Gasteiger partial charge in [-0.1, -0.05) is 39.5 Å². The number of nitrogens with one attached hydrogen (secondary N) is 2. The third kappa shape index (κ3) is 13.9. The topological polar surface area (TPSA) is 36.4 Å². The predicted molar refractivity (Wildman–Crippen MR) is 88.4 cm³/mol. The molecule has 0 aliphatic rings. The first-order valence-corrected chi connectivity index (χ1v) is 6.87. The zero-order valence-electron chi connectivity index (χ0n) is 11.7. The normalized spacial score (nSPS) is 10.9. The number of guanidine groups is 1. The van der Waals surface area contributed by atoms with Crippen LogP contribution in [0.3, 0.4) is 0 Å². The second kappa shape index (κ2) is 16.0. The van der Waals surface area contributed by atoms with E-state index < -0.39 is 0 Å². The van der Waals surface area contributed by atoms with Gasteiger partial charge in [0.25, 0.3) is 0 Å². The van der Waals surface area contributed by atoms with Crippen LogP contribution < -0.4 is 10.6 Å². The Morgan fingerprint density at radius 2 is 1.53 bits per heavy atom. The van der Waals surface area contributed by atoms with E-state index in [9.17, 15) is 0 Å². The Bertz CT molecular complexity index is 172. The van der Waals surface area contributed by atoms with Gasteiger partial charge >= 0.3 is 0 Å². The summed E-state index contributed by atoms with van der Waals surface area (Å²) >= 11 is 0. The predicted octanol–water partition coefficient (Wildman–Crippen LogP) is 3.54. The number of aliphatic imine (C=N–C) groups is 1. The van der Waals surface area contributed by atoms with E-state index in [1.807, 2.05) is 0 Å². The molecule has 104 valence electrons. The van der Waals surface area contributed by atoms with Crippen LogP contribution in [0.1, 0.15) is 59.3 Å². The molecule has 2 N–H and O–H groups in total. The van der Waals surface area contributed by atoms with Crippen molar-refractivity contribution in [3.63, 3.8) is 0 Å². The summed E-state index contributed by atoms with van der Waals surface area (Å²) in [7, 11) is 0. The standard InChI is InChI=1S/C13H29N3.HI/c1-4-7-9-11-15-13(14-6-3)16-12-10-8-5-2;/h4-12H2,1-3H3,(H2,14,15,16);1H. The van der Waals surface area contributed by atoms with Crippen LogP contribution in [0.15, 0.2) is 4.99 Å². The zero-order chi connectivity index (χ0) is 12.1. The van der Waals surface area contributed by atoms with Crippen LogP contribution >= 0.6 is 24.0 Å². The molecule has 17 heavy (non-hydrogen) atoms. The minimum atomic E-state index is 0. The van der Waals surface area contributed by atoms with Crippen molar-refractivity contribution in [1.29, 1.82) is 0 Å². The molecule has 0 saturated heterocycles. The minimum Gasteiger partial charge on any atom is -0.357 e. The maximum atomic E-state index is 4.54. The van der Waals surface area contributed by atoms with E-state index in [0.717, 1.165) is 25.6 Å². The molecule has 0 rings (SSSR count). The fourth-order valence-corrected chi connectivity index (χ4v) is 1.48. The molecule has 0 fully saturated rings. The summed E-state index contributed by atoms with van der Waals surface area (Å²) < 4.78 is 0. The summed E-state index contributed by atoms with van der Waals surface area (Å²) in [5.74, 6) is 0.981. The smallest absolute Gasteiger partial charge is 0.191 e. The quantitative estimate of drug-likeness (QED) is 0.287. The first-order valence-electron chi connectivity index (χ1n) is 6.87. The number of hydrogen-bond donors (Lipinski definition) is 2. The average molecular weight is 355 g/mol. The van der Waals surface area contributed by atoms with Crippen LogP contribution in [0.4, 0.5) is 0 Å². The Labute approximate surface area is 124 Å². The average Bonchev–Trinajstić information content (AvgIpc) is 2.30. The molecule has 0 radical (unpaired) electrons. The summed E-state index contributed by atoms with van der Waals surface area (Å²) in [4.78, 5) is 4.54. The Morgan fingerprint density at radius 3 is 2.12 bits per heavy atom. The number of hydrogen-bond acceptors (Lipinski definition) is 1. The fourth-order valence-electron chi connectivity index (χ4n) is 1.48. The van der Waals surface area contributed by atoms with Crippen molar-refractivity contribution in [3.8, 4) is 0 Å². The van der Waals surface area contributed by atoms with Crippen LogP contribution in [0, 0.1) is 0 Å². The van der Waals surface area contributed by atoms with Crippen LogP contribution in [0.5, 0.6) is 0 Å². The number of halogens is 1. The van der Waals surface area contributed by atoms with Crippen molar-refractivity contribution >= 4 is 29.9 Å². The van der Waals surface area contributed by atoms with E-state index in [1.54, 1.807) is 0 Å². The molecule has 0 aliphatic carbocycles. The van der Waals surface area contributed by atoms with Gasteiger partial charge in [-0.15, -0.1) is 24.0 Å². The first kappa shape index (κ1) is 19.3. The van der Waals surface area contributed by atoms with Gasteiger partial charge in [0.1, 0.15) is 0 Å². The largest absolute Gasteiger partial charge is 0.357 e. The number of unbranched alkanes of at least 4 members (excludes halogenated alkanes) is 4. The van der Waals surface area contributed by atoms with E-state index in [2.05, 4.69) is 36.4 Å². The van der Waals surface area contributed by atoms with Gasteiger partial charge in [0.05, 0.1) is 0 Å². The van der Waals surface area contributed by atoms with Crippen molar-refractivity contribution < 1.29 is 0 Å². The zero-order valence-corrected chi connectivity index (χ0v) is 14.0. The lowest BCUT2D eigenvalue weighted by atomic mass is 10.2. The molecule has 0 aromatic carbocycles. The van der Waals surface area contributed by atoms with Crippen LogP contribution in [0.2, 0.25) is 0 Å². The molecule has 0 aromatic rings. The lowest BCUT2D eigenvalue weighted by molar-refractivity contribution is 0.677. The first-order chi connectivity index (χ1) is 7.85. The van der Waals surface area contributed by atoms with Gasteiger partial charge < -0.3 is 10.6 Å². The maximum Gasteiger partial charge on any atom is 0.191 e. The van der Waals surface area contributed by atoms with Crippen molar-refractivity contribution in [2.75, 3.05) is 19.6 Å². The van der Waals surface area contributed by atoms with Gasteiger partial charge in [0, 0.05) is 19.6 Å². The Kier molecular flexibility index (Phi) is 18.2. The lowest BCUT2D eigenvalue weighted by Crippen LogP contribution is -2.37. The Hall–Kier alpha value is 0. The van der Waals surface area contributed by atoms with Crippen LogP contribution in [-0.2, 0) is 0 Å². The molecule has 0 spiro atoms. The van der Waals surface area contributed by atoms with E-state index >= 15 is 0 Å². The monoisotopic (exact) mass is 355 g/mol. The highest BCUT2D eigenvalue weighted by Gasteiger charge is 1.95. The van der Waals surface area contributed by atoms with E-state index in [1.165, 1.54) is 38.5 Å². The molecule has 0 bridgehead atoms. The molecule has 4 heteroatoms. The minimum absolute atomic E-state index is 0. The van der Waals surface area contributed by atoms with Gasteiger partial charge in [0.15, 0.2) is 5.96 Å². The van der Waals surface area contributed by atoms with Crippen LogP contribution in [-0.4, -0.2) is 25.6 Å².